The van der Waals surface area contributed by atoms with E-state index in [4.69, 9.17) is 25.8 Å². The van der Waals surface area contributed by atoms with Crippen molar-refractivity contribution in [1.82, 2.24) is 9.97 Å². The van der Waals surface area contributed by atoms with E-state index < -0.39 is 65.6 Å². The highest BCUT2D eigenvalue weighted by Gasteiger charge is 2.33. The van der Waals surface area contributed by atoms with Crippen molar-refractivity contribution in [3.63, 3.8) is 0 Å². The summed E-state index contributed by atoms with van der Waals surface area (Å²) in [7, 11) is 0. The molecule has 0 N–H and O–H groups in total. The van der Waals surface area contributed by atoms with E-state index in [1.54, 1.807) is 36.7 Å². The normalized spacial score (nSPS) is 16.3. The molecule has 0 saturated heterocycles. The zero-order valence-corrected chi connectivity index (χ0v) is 40.8. The average Bonchev–Trinajstić information content (AvgIpc) is 3.33. The highest BCUT2D eigenvalue weighted by Crippen LogP contribution is 2.44. The number of halogens is 2. The molecule has 2 aliphatic carbocycles. The zero-order chi connectivity index (χ0) is 48.9. The van der Waals surface area contributed by atoms with Gasteiger partial charge in [0.05, 0.1) is 12.1 Å². The summed E-state index contributed by atoms with van der Waals surface area (Å²) in [6.07, 6.45) is 6.09. The third-order valence-electron chi connectivity index (χ3n) is 12.5. The first-order chi connectivity index (χ1) is 33.1. The molecule has 17 heteroatoms. The average molecular weight is 994 g/mol. The van der Waals surface area contributed by atoms with Gasteiger partial charge in [-0.2, -0.15) is 0 Å². The van der Waals surface area contributed by atoms with Crippen molar-refractivity contribution >= 4 is 57.7 Å². The van der Waals surface area contributed by atoms with E-state index in [9.17, 15) is 27.1 Å². The summed E-state index contributed by atoms with van der Waals surface area (Å²) in [6, 6.07) is 27.1. The Morgan fingerprint density at radius 3 is 1.57 bits per heavy atom. The van der Waals surface area contributed by atoms with Crippen LogP contribution >= 0.6 is 11.6 Å². The Balaban J connectivity index is 0.918. The predicted octanol–water partition coefficient (Wildman–Crippen LogP) is 10.7. The van der Waals surface area contributed by atoms with E-state index >= 15 is 4.39 Å². The molecule has 6 aromatic rings. The van der Waals surface area contributed by atoms with Crippen molar-refractivity contribution < 1.29 is 45.7 Å². The predicted molar refractivity (Wildman–Crippen MR) is 262 cm³/mol. The van der Waals surface area contributed by atoms with Gasteiger partial charge in [0.2, 0.25) is 0 Å². The number of anilines is 2. The van der Waals surface area contributed by atoms with Crippen LogP contribution in [0.4, 0.5) is 16.0 Å². The number of aromatic nitrogens is 2. The van der Waals surface area contributed by atoms with Gasteiger partial charge in [-0.05, 0) is 137 Å². The molecule has 2 aromatic heterocycles. The minimum atomic E-state index is -2.79. The van der Waals surface area contributed by atoms with Gasteiger partial charge in [-0.25, -0.2) is 23.9 Å². The lowest BCUT2D eigenvalue weighted by atomic mass is 9.86. The highest BCUT2D eigenvalue weighted by atomic mass is 35.5. The van der Waals surface area contributed by atoms with Gasteiger partial charge in [0.1, 0.15) is 29.0 Å². The van der Waals surface area contributed by atoms with Crippen molar-refractivity contribution in [1.29, 1.82) is 0 Å². The molecule has 360 valence electrons. The van der Waals surface area contributed by atoms with Gasteiger partial charge < -0.3 is 23.3 Å². The second-order valence-electron chi connectivity index (χ2n) is 17.6. The Kier molecular flexibility index (Phi) is 15.5. The Morgan fingerprint density at radius 2 is 1.13 bits per heavy atom. The first-order valence-electron chi connectivity index (χ1n) is 22.7. The van der Waals surface area contributed by atoms with Crippen LogP contribution in [0, 0.1) is 5.82 Å². The lowest BCUT2D eigenvalue weighted by molar-refractivity contribution is -0.162. The Labute approximate surface area is 410 Å². The van der Waals surface area contributed by atoms with Crippen molar-refractivity contribution in [3.8, 4) is 33.8 Å². The number of ether oxygens (including phenoxy) is 3. The van der Waals surface area contributed by atoms with Crippen molar-refractivity contribution in [2.75, 3.05) is 21.8 Å². The molecule has 69 heavy (non-hydrogen) atoms. The smallest absolute Gasteiger partial charge is 0.351 e. The molecule has 2 aliphatic rings. The standard InChI is InChI=1S/C52H52ClFN4O9S2/c1-31(2)33-9-5-11-35(21-33)37-17-19-49(55-27-37)57(68(61)62)45-15-7-13-41-43(45)23-39(53)24-47(41)65-29-51(59)67-52(60)30-66-48-26-40(54)25-44-42(48)14-8-16-46(44)58(69(63)64)50-20-18-38(28-56-50)36-12-6-10-34(22-36)32(3)4/h5-6,9-12,17-28,31-32,45-46H,7-8,13-16,29-30H2,1-4H3,(H,61,62)(H,63,64)/p-2. The fourth-order valence-corrected chi connectivity index (χ4v) is 10.7. The molecule has 4 aromatic carbocycles. The molecule has 0 spiro atoms. The third-order valence-corrected chi connectivity index (χ3v) is 14.2. The van der Waals surface area contributed by atoms with Gasteiger partial charge >= 0.3 is 11.9 Å². The van der Waals surface area contributed by atoms with E-state index in [1.165, 1.54) is 22.0 Å². The molecule has 4 unspecified atom stereocenters. The number of carbonyl (C=O) groups is 2. The van der Waals surface area contributed by atoms with Crippen LogP contribution in [0.3, 0.4) is 0 Å². The number of fused-ring (bicyclic) bond motifs is 2. The Hall–Kier alpha value is -6.04. The number of hydrogen-bond acceptors (Lipinski definition) is 11. The van der Waals surface area contributed by atoms with Crippen LogP contribution in [0.15, 0.2) is 109 Å². The number of benzene rings is 4. The lowest BCUT2D eigenvalue weighted by Crippen LogP contribution is -2.34. The molecular formula is C52H50ClFN4O9S2-2. The van der Waals surface area contributed by atoms with Crippen LogP contribution in [0.25, 0.3) is 22.3 Å². The zero-order valence-electron chi connectivity index (χ0n) is 38.4. The summed E-state index contributed by atoms with van der Waals surface area (Å²) in [6.45, 7) is 6.97. The van der Waals surface area contributed by atoms with E-state index in [-0.39, 0.29) is 28.2 Å². The minimum Gasteiger partial charge on any atom is -0.755 e. The summed E-state index contributed by atoms with van der Waals surface area (Å²) >= 11 is 1.03. The number of pyridine rings is 2. The molecule has 13 nitrogen and oxygen atoms in total. The molecule has 4 atom stereocenters. The fourth-order valence-electron chi connectivity index (χ4n) is 9.06. The molecule has 8 rings (SSSR count). The molecule has 0 aliphatic heterocycles. The number of nitrogens with zero attached hydrogens (tertiary/aromatic N) is 4. The second kappa shape index (κ2) is 21.7. The summed E-state index contributed by atoms with van der Waals surface area (Å²) < 4.78 is 85.6. The quantitative estimate of drug-likeness (QED) is 0.0513. The molecule has 0 bridgehead atoms. The largest absolute Gasteiger partial charge is 0.755 e. The first kappa shape index (κ1) is 49.4. The second-order valence-corrected chi connectivity index (χ2v) is 19.7. The van der Waals surface area contributed by atoms with Gasteiger partial charge in [0.25, 0.3) is 0 Å². The van der Waals surface area contributed by atoms with E-state index in [1.807, 2.05) is 36.4 Å². The molecular weight excluding hydrogens is 943 g/mol. The molecule has 0 radical (unpaired) electrons. The van der Waals surface area contributed by atoms with Gasteiger partial charge in [0.15, 0.2) is 13.2 Å². The number of rotatable bonds is 16. The maximum atomic E-state index is 15.3. The summed E-state index contributed by atoms with van der Waals surface area (Å²) in [5.41, 5.74) is 7.97. The monoisotopic (exact) mass is 992 g/mol. The van der Waals surface area contributed by atoms with Gasteiger partial charge in [-0.1, -0.05) is 87.8 Å². The Bertz CT molecular complexity index is 2710. The highest BCUT2D eigenvalue weighted by molar-refractivity contribution is 7.80. The SMILES string of the molecule is CC(C)c1cccc(-c2ccc(N(C3CCCc4c(OCC(=O)OC(=O)COc5cc(Cl)cc6c5CCCC6N(c5ccc(-c6cccc(C(C)C)c6)cn5)S(=O)[O-])cc(F)cc43)S(=O)[O-])nc2)c1. The summed E-state index contributed by atoms with van der Waals surface area (Å²) in [4.78, 5) is 35.0. The van der Waals surface area contributed by atoms with Crippen LogP contribution < -0.4 is 18.1 Å². The molecule has 0 amide bonds. The van der Waals surface area contributed by atoms with Crippen LogP contribution in [0.5, 0.6) is 11.5 Å². The van der Waals surface area contributed by atoms with E-state index in [0.29, 0.717) is 72.6 Å². The topological polar surface area (TPSA) is 174 Å². The summed E-state index contributed by atoms with van der Waals surface area (Å²) in [5.74, 6) is -1.57. The van der Waals surface area contributed by atoms with Crippen LogP contribution in [0.1, 0.15) is 111 Å². The lowest BCUT2D eigenvalue weighted by Gasteiger charge is -2.37. The van der Waals surface area contributed by atoms with Gasteiger partial charge in [-0.3, -0.25) is 17.0 Å². The molecule has 2 heterocycles. The molecule has 0 saturated carbocycles. The molecule has 0 fully saturated rings. The maximum absolute atomic E-state index is 15.3. The fraction of sp³-hybridized carbons (Fsp3) is 0.308. The third kappa shape index (κ3) is 11.4. The maximum Gasteiger partial charge on any atom is 0.351 e. The van der Waals surface area contributed by atoms with E-state index in [0.717, 1.165) is 38.2 Å². The van der Waals surface area contributed by atoms with Crippen molar-refractivity contribution in [3.05, 3.63) is 154 Å². The summed E-state index contributed by atoms with van der Waals surface area (Å²) in [5, 5.41) is 0.237. The van der Waals surface area contributed by atoms with Crippen LogP contribution in [-0.2, 0) is 49.7 Å². The number of carbonyl (C=O) groups excluding carboxylic acids is 2. The first-order valence-corrected chi connectivity index (χ1v) is 25.1. The Morgan fingerprint density at radius 1 is 0.667 bits per heavy atom. The van der Waals surface area contributed by atoms with Crippen LogP contribution in [-0.4, -0.2) is 52.6 Å². The number of esters is 2. The van der Waals surface area contributed by atoms with E-state index in [2.05, 4.69) is 55.9 Å². The van der Waals surface area contributed by atoms with Crippen LogP contribution in [0.2, 0.25) is 5.02 Å². The van der Waals surface area contributed by atoms with Gasteiger partial charge in [0, 0.05) is 57.1 Å². The minimum absolute atomic E-state index is 0.0102. The van der Waals surface area contributed by atoms with Gasteiger partial charge in [-0.15, -0.1) is 0 Å². The van der Waals surface area contributed by atoms with Crippen molar-refractivity contribution in [2.45, 2.75) is 90.1 Å². The number of hydrogen-bond donors (Lipinski definition) is 0. The van der Waals surface area contributed by atoms with Crippen molar-refractivity contribution in [2.24, 2.45) is 0 Å².